The summed E-state index contributed by atoms with van der Waals surface area (Å²) < 4.78 is 23.8. The van der Waals surface area contributed by atoms with Crippen LogP contribution in [0.5, 0.6) is 5.75 Å². The zero-order valence-electron chi connectivity index (χ0n) is 10.2. The van der Waals surface area contributed by atoms with Crippen molar-refractivity contribution in [3.05, 3.63) is 29.6 Å². The van der Waals surface area contributed by atoms with Crippen LogP contribution in [-0.4, -0.2) is 24.4 Å². The maximum atomic E-state index is 13.7. The normalized spacial score (nSPS) is 10.6. The molecule has 96 valence electrons. The van der Waals surface area contributed by atoms with Gasteiger partial charge in [-0.25, -0.2) is 4.39 Å². The molecule has 0 aliphatic carbocycles. The lowest BCUT2D eigenvalue weighted by molar-refractivity contribution is 0.185. The summed E-state index contributed by atoms with van der Waals surface area (Å²) in [6.07, 6.45) is 0. The summed E-state index contributed by atoms with van der Waals surface area (Å²) in [6.45, 7) is 0.338. The van der Waals surface area contributed by atoms with Crippen LogP contribution in [0.2, 0.25) is 0 Å². The molecule has 0 atom stereocenters. The second-order valence-electron chi connectivity index (χ2n) is 3.78. The van der Waals surface area contributed by atoms with Gasteiger partial charge in [0, 0.05) is 18.7 Å². The van der Waals surface area contributed by atoms with Gasteiger partial charge in [-0.15, -0.1) is 0 Å². The fourth-order valence-corrected chi connectivity index (χ4v) is 1.75. The highest BCUT2D eigenvalue weighted by Crippen LogP contribution is 2.30. The Kier molecular flexibility index (Phi) is 3.47. The van der Waals surface area contributed by atoms with Crippen LogP contribution in [0.25, 0.3) is 11.3 Å². The Bertz CT molecular complexity index is 554. The summed E-state index contributed by atoms with van der Waals surface area (Å²) in [5.41, 5.74) is 7.63. The minimum Gasteiger partial charge on any atom is -0.494 e. The Hall–Kier alpha value is -2.08. The largest absolute Gasteiger partial charge is 0.494 e. The van der Waals surface area contributed by atoms with Crippen molar-refractivity contribution in [1.29, 1.82) is 0 Å². The Morgan fingerprint density at radius 2 is 2.11 bits per heavy atom. The molecule has 0 fully saturated rings. The number of anilines is 1. The number of rotatable bonds is 4. The van der Waals surface area contributed by atoms with E-state index in [1.165, 1.54) is 13.2 Å². The van der Waals surface area contributed by atoms with E-state index < -0.39 is 5.82 Å². The summed E-state index contributed by atoms with van der Waals surface area (Å²) in [6, 6.07) is 4.62. The minimum absolute atomic E-state index is 0.179. The number of nitrogen functional groups attached to an aromatic ring is 1. The average molecular weight is 251 g/mol. The van der Waals surface area contributed by atoms with E-state index in [-0.39, 0.29) is 5.75 Å². The van der Waals surface area contributed by atoms with Crippen LogP contribution in [0, 0.1) is 5.82 Å². The van der Waals surface area contributed by atoms with Crippen LogP contribution in [0.1, 0.15) is 5.56 Å². The summed E-state index contributed by atoms with van der Waals surface area (Å²) in [5.74, 6) is 0.0865. The lowest BCUT2D eigenvalue weighted by Crippen LogP contribution is -1.97. The van der Waals surface area contributed by atoms with Gasteiger partial charge in [0.1, 0.15) is 5.82 Å². The highest BCUT2D eigenvalue weighted by Gasteiger charge is 2.13. The number of methoxy groups -OCH3 is 2. The maximum absolute atomic E-state index is 13.7. The molecule has 0 bridgehead atoms. The van der Waals surface area contributed by atoms with E-state index in [0.29, 0.717) is 23.7 Å². The van der Waals surface area contributed by atoms with Crippen LogP contribution < -0.4 is 10.5 Å². The van der Waals surface area contributed by atoms with Crippen molar-refractivity contribution in [2.24, 2.45) is 0 Å². The van der Waals surface area contributed by atoms with Crippen LogP contribution >= 0.6 is 0 Å². The van der Waals surface area contributed by atoms with Crippen molar-refractivity contribution < 1.29 is 13.9 Å². The molecule has 0 spiro atoms. The first kappa shape index (κ1) is 12.4. The molecule has 18 heavy (non-hydrogen) atoms. The summed E-state index contributed by atoms with van der Waals surface area (Å²) in [7, 11) is 2.99. The maximum Gasteiger partial charge on any atom is 0.165 e. The third kappa shape index (κ3) is 2.28. The zero-order chi connectivity index (χ0) is 13.1. The quantitative estimate of drug-likeness (QED) is 0.871. The van der Waals surface area contributed by atoms with Crippen molar-refractivity contribution in [3.8, 4) is 17.0 Å². The van der Waals surface area contributed by atoms with Crippen molar-refractivity contribution >= 4 is 5.82 Å². The standard InChI is InChI=1S/C12H14FN3O2/c1-17-6-7-3-11(18-2)9(13)4-8(7)10-5-12(14)16-15-10/h3-5H,6H2,1-2H3,(H3,14,15,16). The molecule has 0 amide bonds. The molecule has 0 saturated carbocycles. The minimum atomic E-state index is -0.444. The first-order valence-electron chi connectivity index (χ1n) is 5.32. The van der Waals surface area contributed by atoms with E-state index in [0.717, 1.165) is 5.56 Å². The Morgan fingerprint density at radius 3 is 2.67 bits per heavy atom. The molecule has 1 aromatic heterocycles. The lowest BCUT2D eigenvalue weighted by atomic mass is 10.0. The van der Waals surface area contributed by atoms with E-state index in [4.69, 9.17) is 15.2 Å². The molecule has 0 aliphatic heterocycles. The number of aromatic amines is 1. The predicted octanol–water partition coefficient (Wildman–Crippen LogP) is 1.95. The summed E-state index contributed by atoms with van der Waals surface area (Å²) in [4.78, 5) is 0. The Morgan fingerprint density at radius 1 is 1.33 bits per heavy atom. The smallest absolute Gasteiger partial charge is 0.165 e. The van der Waals surface area contributed by atoms with Crippen LogP contribution in [0.15, 0.2) is 18.2 Å². The molecular weight excluding hydrogens is 237 g/mol. The summed E-state index contributed by atoms with van der Waals surface area (Å²) >= 11 is 0. The Balaban J connectivity index is 2.54. The van der Waals surface area contributed by atoms with Gasteiger partial charge < -0.3 is 15.2 Å². The van der Waals surface area contributed by atoms with Gasteiger partial charge in [0.05, 0.1) is 19.4 Å². The second kappa shape index (κ2) is 5.05. The molecule has 2 rings (SSSR count). The van der Waals surface area contributed by atoms with Gasteiger partial charge in [0.25, 0.3) is 0 Å². The third-order valence-electron chi connectivity index (χ3n) is 2.57. The molecule has 3 N–H and O–H groups in total. The van der Waals surface area contributed by atoms with Crippen molar-refractivity contribution in [1.82, 2.24) is 10.2 Å². The third-order valence-corrected chi connectivity index (χ3v) is 2.57. The molecule has 1 aromatic carbocycles. The summed E-state index contributed by atoms with van der Waals surface area (Å²) in [5, 5.41) is 6.57. The number of nitrogens with two attached hydrogens (primary N) is 1. The van der Waals surface area contributed by atoms with Gasteiger partial charge in [0.15, 0.2) is 11.6 Å². The van der Waals surface area contributed by atoms with Gasteiger partial charge in [-0.1, -0.05) is 0 Å². The molecule has 2 aromatic rings. The topological polar surface area (TPSA) is 73.2 Å². The number of nitrogens with zero attached hydrogens (tertiary/aromatic N) is 1. The Labute approximate surface area is 104 Å². The average Bonchev–Trinajstić information content (AvgIpc) is 2.78. The fourth-order valence-electron chi connectivity index (χ4n) is 1.75. The number of hydrogen-bond acceptors (Lipinski definition) is 4. The highest BCUT2D eigenvalue weighted by molar-refractivity contribution is 5.67. The number of benzene rings is 1. The van der Waals surface area contributed by atoms with Crippen LogP contribution in [0.4, 0.5) is 10.2 Å². The number of ether oxygens (including phenoxy) is 2. The first-order valence-corrected chi connectivity index (χ1v) is 5.32. The highest BCUT2D eigenvalue weighted by atomic mass is 19.1. The van der Waals surface area contributed by atoms with Gasteiger partial charge in [-0.05, 0) is 17.7 Å². The number of aromatic nitrogens is 2. The van der Waals surface area contributed by atoms with Gasteiger partial charge >= 0.3 is 0 Å². The fraction of sp³-hybridized carbons (Fsp3) is 0.250. The lowest BCUT2D eigenvalue weighted by Gasteiger charge is -2.10. The van der Waals surface area contributed by atoms with Crippen LogP contribution in [0.3, 0.4) is 0 Å². The molecular formula is C12H14FN3O2. The number of nitrogens with one attached hydrogen (secondary N) is 1. The number of H-pyrrole nitrogens is 1. The number of hydrogen-bond donors (Lipinski definition) is 2. The zero-order valence-corrected chi connectivity index (χ0v) is 10.2. The molecule has 0 saturated heterocycles. The molecule has 1 heterocycles. The van der Waals surface area contributed by atoms with Crippen molar-refractivity contribution in [2.45, 2.75) is 6.61 Å². The van der Waals surface area contributed by atoms with E-state index in [1.807, 2.05) is 0 Å². The van der Waals surface area contributed by atoms with E-state index in [9.17, 15) is 4.39 Å². The predicted molar refractivity (Wildman–Crippen MR) is 65.7 cm³/mol. The second-order valence-corrected chi connectivity index (χ2v) is 3.78. The molecule has 0 aliphatic rings. The first-order chi connectivity index (χ1) is 8.65. The van der Waals surface area contributed by atoms with E-state index in [2.05, 4.69) is 10.2 Å². The van der Waals surface area contributed by atoms with E-state index >= 15 is 0 Å². The molecule has 6 heteroatoms. The van der Waals surface area contributed by atoms with Crippen molar-refractivity contribution in [2.75, 3.05) is 20.0 Å². The molecule has 0 unspecified atom stereocenters. The van der Waals surface area contributed by atoms with E-state index in [1.54, 1.807) is 19.2 Å². The van der Waals surface area contributed by atoms with Gasteiger partial charge in [0.2, 0.25) is 0 Å². The van der Waals surface area contributed by atoms with Gasteiger partial charge in [-0.2, -0.15) is 5.10 Å². The van der Waals surface area contributed by atoms with Gasteiger partial charge in [-0.3, -0.25) is 5.10 Å². The molecule has 5 nitrogen and oxygen atoms in total. The monoisotopic (exact) mass is 251 g/mol. The van der Waals surface area contributed by atoms with Crippen molar-refractivity contribution in [3.63, 3.8) is 0 Å². The van der Waals surface area contributed by atoms with Crippen LogP contribution in [-0.2, 0) is 11.3 Å². The number of halogens is 1. The molecule has 0 radical (unpaired) electrons. The SMILES string of the molecule is COCc1cc(OC)c(F)cc1-c1cc(N)n[nH]1.